The van der Waals surface area contributed by atoms with E-state index in [1.807, 2.05) is 11.9 Å². The van der Waals surface area contributed by atoms with E-state index in [1.165, 1.54) is 0 Å². The molecule has 0 aliphatic carbocycles. The molecule has 0 aromatic rings. The lowest BCUT2D eigenvalue weighted by Gasteiger charge is -2.36. The molecule has 0 atom stereocenters. The maximum absolute atomic E-state index is 11.0. The third-order valence-corrected chi connectivity index (χ3v) is 2.81. The predicted molar refractivity (Wildman–Crippen MR) is 47.4 cm³/mol. The number of carbonyl (C=O) groups is 1. The molecule has 0 aliphatic rings. The van der Waals surface area contributed by atoms with Crippen molar-refractivity contribution in [3.05, 3.63) is 0 Å². The van der Waals surface area contributed by atoms with Gasteiger partial charge in [0.05, 0.1) is 0 Å². The van der Waals surface area contributed by atoms with Crippen LogP contribution in [0, 0.1) is 0 Å². The topological polar surface area (TPSA) is 20.3 Å². The molecule has 0 aromatic heterocycles. The standard InChI is InChI=1S/C9H19NO/c1-6-9(4,7-2)10(5)8(3)11/h6-7H2,1-5H3. The molecular formula is C9H19NO. The van der Waals surface area contributed by atoms with Gasteiger partial charge in [-0.05, 0) is 19.8 Å². The van der Waals surface area contributed by atoms with Crippen LogP contribution in [0.5, 0.6) is 0 Å². The molecule has 0 spiro atoms. The highest BCUT2D eigenvalue weighted by Gasteiger charge is 2.26. The lowest BCUT2D eigenvalue weighted by atomic mass is 9.94. The predicted octanol–water partition coefficient (Wildman–Crippen LogP) is 2.04. The summed E-state index contributed by atoms with van der Waals surface area (Å²) >= 11 is 0. The van der Waals surface area contributed by atoms with Crippen molar-refractivity contribution in [3.8, 4) is 0 Å². The third kappa shape index (κ3) is 2.21. The molecule has 11 heavy (non-hydrogen) atoms. The van der Waals surface area contributed by atoms with Gasteiger partial charge >= 0.3 is 0 Å². The van der Waals surface area contributed by atoms with Crippen LogP contribution in [0.1, 0.15) is 40.5 Å². The highest BCUT2D eigenvalue weighted by molar-refractivity contribution is 5.73. The van der Waals surface area contributed by atoms with Gasteiger partial charge in [0.25, 0.3) is 0 Å². The van der Waals surface area contributed by atoms with Crippen LogP contribution >= 0.6 is 0 Å². The Labute approximate surface area is 69.6 Å². The maximum Gasteiger partial charge on any atom is 0.219 e. The van der Waals surface area contributed by atoms with Gasteiger partial charge in [-0.15, -0.1) is 0 Å². The van der Waals surface area contributed by atoms with E-state index in [0.717, 1.165) is 12.8 Å². The Morgan fingerprint density at radius 1 is 1.36 bits per heavy atom. The number of carbonyl (C=O) groups excluding carboxylic acids is 1. The minimum absolute atomic E-state index is 0.0475. The van der Waals surface area contributed by atoms with Crippen LogP contribution in [0.3, 0.4) is 0 Å². The summed E-state index contributed by atoms with van der Waals surface area (Å²) in [7, 11) is 1.87. The SMILES string of the molecule is CCC(C)(CC)N(C)C(C)=O. The van der Waals surface area contributed by atoms with Crippen molar-refractivity contribution in [2.75, 3.05) is 7.05 Å². The van der Waals surface area contributed by atoms with Crippen molar-refractivity contribution in [2.45, 2.75) is 46.1 Å². The normalized spacial score (nSPS) is 11.4. The third-order valence-electron chi connectivity index (χ3n) is 2.81. The first-order chi connectivity index (χ1) is 4.98. The van der Waals surface area contributed by atoms with Crippen molar-refractivity contribution in [2.24, 2.45) is 0 Å². The summed E-state index contributed by atoms with van der Waals surface area (Å²) in [6.07, 6.45) is 2.03. The van der Waals surface area contributed by atoms with Crippen molar-refractivity contribution in [3.63, 3.8) is 0 Å². The van der Waals surface area contributed by atoms with Crippen LogP contribution in [0.2, 0.25) is 0 Å². The maximum atomic E-state index is 11.0. The summed E-state index contributed by atoms with van der Waals surface area (Å²) in [5.41, 5.74) is 0.0475. The molecule has 2 nitrogen and oxygen atoms in total. The van der Waals surface area contributed by atoms with Gasteiger partial charge in [0.1, 0.15) is 0 Å². The highest BCUT2D eigenvalue weighted by Crippen LogP contribution is 2.21. The molecule has 2 heteroatoms. The van der Waals surface area contributed by atoms with Crippen molar-refractivity contribution < 1.29 is 4.79 Å². The van der Waals surface area contributed by atoms with Crippen molar-refractivity contribution in [1.29, 1.82) is 0 Å². The molecule has 0 unspecified atom stereocenters. The Kier molecular flexibility index (Phi) is 3.56. The highest BCUT2D eigenvalue weighted by atomic mass is 16.2. The van der Waals surface area contributed by atoms with E-state index in [4.69, 9.17) is 0 Å². The molecule has 0 fully saturated rings. The minimum Gasteiger partial charge on any atom is -0.341 e. The molecule has 0 N–H and O–H groups in total. The van der Waals surface area contributed by atoms with E-state index in [-0.39, 0.29) is 11.4 Å². The van der Waals surface area contributed by atoms with Gasteiger partial charge in [-0.3, -0.25) is 4.79 Å². The fourth-order valence-corrected chi connectivity index (χ4v) is 1.10. The first-order valence-corrected chi connectivity index (χ1v) is 4.22. The molecule has 0 bridgehead atoms. The van der Waals surface area contributed by atoms with E-state index < -0.39 is 0 Å². The van der Waals surface area contributed by atoms with E-state index in [1.54, 1.807) is 6.92 Å². The molecule has 0 saturated carbocycles. The Balaban J connectivity index is 4.36. The smallest absolute Gasteiger partial charge is 0.219 e. The molecular weight excluding hydrogens is 138 g/mol. The van der Waals surface area contributed by atoms with Gasteiger partial charge in [0.15, 0.2) is 0 Å². The average Bonchev–Trinajstić information content (AvgIpc) is 2.01. The van der Waals surface area contributed by atoms with Crippen LogP contribution in [-0.2, 0) is 4.79 Å². The number of nitrogens with zero attached hydrogens (tertiary/aromatic N) is 1. The van der Waals surface area contributed by atoms with Gasteiger partial charge in [-0.25, -0.2) is 0 Å². The van der Waals surface area contributed by atoms with Crippen LogP contribution in [0.15, 0.2) is 0 Å². The van der Waals surface area contributed by atoms with E-state index in [2.05, 4.69) is 20.8 Å². The Hall–Kier alpha value is -0.530. The number of amides is 1. The summed E-state index contributed by atoms with van der Waals surface area (Å²) in [5.74, 6) is 0.149. The molecule has 0 saturated heterocycles. The summed E-state index contributed by atoms with van der Waals surface area (Å²) in [5, 5.41) is 0. The van der Waals surface area contributed by atoms with Crippen LogP contribution in [-0.4, -0.2) is 23.4 Å². The zero-order valence-electron chi connectivity index (χ0n) is 8.27. The first kappa shape index (κ1) is 10.5. The number of hydrogen-bond acceptors (Lipinski definition) is 1. The van der Waals surface area contributed by atoms with Crippen LogP contribution in [0.25, 0.3) is 0 Å². The zero-order valence-corrected chi connectivity index (χ0v) is 8.27. The quantitative estimate of drug-likeness (QED) is 0.614. The summed E-state index contributed by atoms with van der Waals surface area (Å²) in [6.45, 7) is 7.96. The van der Waals surface area contributed by atoms with Gasteiger partial charge in [0, 0.05) is 19.5 Å². The van der Waals surface area contributed by atoms with Crippen molar-refractivity contribution >= 4 is 5.91 Å². The minimum atomic E-state index is 0.0475. The Morgan fingerprint density at radius 2 is 1.73 bits per heavy atom. The summed E-state index contributed by atoms with van der Waals surface area (Å²) in [4.78, 5) is 12.9. The second-order valence-electron chi connectivity index (χ2n) is 3.28. The Bertz CT molecular complexity index is 138. The largest absolute Gasteiger partial charge is 0.341 e. The second-order valence-corrected chi connectivity index (χ2v) is 3.28. The van der Waals surface area contributed by atoms with E-state index in [9.17, 15) is 4.79 Å². The lowest BCUT2D eigenvalue weighted by molar-refractivity contribution is -0.133. The van der Waals surface area contributed by atoms with Crippen LogP contribution in [0.4, 0.5) is 0 Å². The van der Waals surface area contributed by atoms with Crippen LogP contribution < -0.4 is 0 Å². The fourth-order valence-electron chi connectivity index (χ4n) is 1.10. The second kappa shape index (κ2) is 3.74. The van der Waals surface area contributed by atoms with Gasteiger partial charge < -0.3 is 4.90 Å². The molecule has 1 amide bonds. The van der Waals surface area contributed by atoms with E-state index in [0.29, 0.717) is 0 Å². The Morgan fingerprint density at radius 3 is 1.82 bits per heavy atom. The molecule has 0 aliphatic heterocycles. The summed E-state index contributed by atoms with van der Waals surface area (Å²) < 4.78 is 0. The van der Waals surface area contributed by atoms with Gasteiger partial charge in [-0.1, -0.05) is 13.8 Å². The molecule has 66 valence electrons. The number of hydrogen-bond donors (Lipinski definition) is 0. The number of rotatable bonds is 3. The first-order valence-electron chi connectivity index (χ1n) is 4.22. The van der Waals surface area contributed by atoms with E-state index >= 15 is 0 Å². The fraction of sp³-hybridized carbons (Fsp3) is 0.889. The monoisotopic (exact) mass is 157 g/mol. The molecule has 0 radical (unpaired) electrons. The van der Waals surface area contributed by atoms with Gasteiger partial charge in [-0.2, -0.15) is 0 Å². The van der Waals surface area contributed by atoms with Crippen molar-refractivity contribution in [1.82, 2.24) is 4.90 Å². The molecule has 0 heterocycles. The summed E-state index contributed by atoms with van der Waals surface area (Å²) in [6, 6.07) is 0. The molecule has 0 rings (SSSR count). The lowest BCUT2D eigenvalue weighted by Crippen LogP contribution is -2.45. The average molecular weight is 157 g/mol. The zero-order chi connectivity index (χ0) is 9.07. The molecule has 0 aromatic carbocycles. The van der Waals surface area contributed by atoms with Gasteiger partial charge in [0.2, 0.25) is 5.91 Å².